The highest BCUT2D eigenvalue weighted by molar-refractivity contribution is 9.10. The van der Waals surface area contributed by atoms with E-state index in [1.54, 1.807) is 38.3 Å². The van der Waals surface area contributed by atoms with Crippen molar-refractivity contribution in [3.63, 3.8) is 0 Å². The number of rotatable bonds is 5. The summed E-state index contributed by atoms with van der Waals surface area (Å²) in [6.45, 7) is 0.525. The molecule has 4 nitrogen and oxygen atoms in total. The Labute approximate surface area is 138 Å². The zero-order chi connectivity index (χ0) is 16.1. The topological polar surface area (TPSA) is 38.8 Å². The molecular formula is C17H18BrNO3. The van der Waals surface area contributed by atoms with Crippen molar-refractivity contribution in [2.24, 2.45) is 0 Å². The van der Waals surface area contributed by atoms with E-state index < -0.39 is 0 Å². The highest BCUT2D eigenvalue weighted by atomic mass is 79.9. The van der Waals surface area contributed by atoms with Crippen molar-refractivity contribution in [3.05, 3.63) is 58.1 Å². The minimum absolute atomic E-state index is 0.125. The second-order valence-electron chi connectivity index (χ2n) is 4.84. The number of halogens is 1. The third-order valence-electron chi connectivity index (χ3n) is 3.30. The molecule has 0 heterocycles. The predicted octanol–water partition coefficient (Wildman–Crippen LogP) is 3.74. The lowest BCUT2D eigenvalue weighted by molar-refractivity contribution is 0.0781. The molecule has 0 saturated heterocycles. The molecule has 0 spiro atoms. The van der Waals surface area contributed by atoms with Gasteiger partial charge < -0.3 is 14.4 Å². The SMILES string of the molecule is COc1cc(Br)c(OC)c(C(=O)N(C)Cc2ccccc2)c1. The molecule has 0 aromatic heterocycles. The molecule has 2 aromatic rings. The van der Waals surface area contributed by atoms with Crippen molar-refractivity contribution < 1.29 is 14.3 Å². The maximum absolute atomic E-state index is 12.7. The van der Waals surface area contributed by atoms with Crippen LogP contribution in [0.5, 0.6) is 11.5 Å². The van der Waals surface area contributed by atoms with Gasteiger partial charge in [-0.25, -0.2) is 0 Å². The van der Waals surface area contributed by atoms with Gasteiger partial charge in [0.25, 0.3) is 5.91 Å². The molecule has 2 rings (SSSR count). The largest absolute Gasteiger partial charge is 0.497 e. The van der Waals surface area contributed by atoms with Crippen molar-refractivity contribution >= 4 is 21.8 Å². The smallest absolute Gasteiger partial charge is 0.257 e. The first-order valence-corrected chi connectivity index (χ1v) is 7.57. The minimum atomic E-state index is -0.125. The zero-order valence-electron chi connectivity index (χ0n) is 12.8. The van der Waals surface area contributed by atoms with Crippen LogP contribution in [0.15, 0.2) is 46.9 Å². The summed E-state index contributed by atoms with van der Waals surface area (Å²) in [5.41, 5.74) is 1.53. The van der Waals surface area contributed by atoms with Crippen molar-refractivity contribution in [2.45, 2.75) is 6.54 Å². The van der Waals surface area contributed by atoms with Crippen LogP contribution in [0.3, 0.4) is 0 Å². The van der Waals surface area contributed by atoms with Gasteiger partial charge >= 0.3 is 0 Å². The summed E-state index contributed by atoms with van der Waals surface area (Å²) in [4.78, 5) is 14.4. The van der Waals surface area contributed by atoms with Crippen LogP contribution in [0.1, 0.15) is 15.9 Å². The Morgan fingerprint density at radius 1 is 1.14 bits per heavy atom. The molecular weight excluding hydrogens is 346 g/mol. The maximum atomic E-state index is 12.7. The van der Waals surface area contributed by atoms with Crippen molar-refractivity contribution in [1.82, 2.24) is 4.90 Å². The third-order valence-corrected chi connectivity index (χ3v) is 3.89. The van der Waals surface area contributed by atoms with Crippen LogP contribution >= 0.6 is 15.9 Å². The third kappa shape index (κ3) is 3.60. The monoisotopic (exact) mass is 363 g/mol. The standard InChI is InChI=1S/C17H18BrNO3/c1-19(11-12-7-5-4-6-8-12)17(20)14-9-13(21-2)10-15(18)16(14)22-3/h4-10H,11H2,1-3H3. The molecule has 0 bridgehead atoms. The molecule has 22 heavy (non-hydrogen) atoms. The molecule has 0 fully saturated rings. The van der Waals surface area contributed by atoms with Gasteiger partial charge in [-0.05, 0) is 33.6 Å². The van der Waals surface area contributed by atoms with E-state index in [1.807, 2.05) is 30.3 Å². The normalized spacial score (nSPS) is 10.2. The fourth-order valence-corrected chi connectivity index (χ4v) is 2.79. The van der Waals surface area contributed by atoms with E-state index >= 15 is 0 Å². The average molecular weight is 364 g/mol. The number of benzene rings is 2. The highest BCUT2D eigenvalue weighted by Gasteiger charge is 2.20. The van der Waals surface area contributed by atoms with E-state index in [4.69, 9.17) is 9.47 Å². The highest BCUT2D eigenvalue weighted by Crippen LogP contribution is 2.34. The predicted molar refractivity (Wildman–Crippen MR) is 89.5 cm³/mol. The second-order valence-corrected chi connectivity index (χ2v) is 5.69. The summed E-state index contributed by atoms with van der Waals surface area (Å²) in [7, 11) is 4.87. The lowest BCUT2D eigenvalue weighted by Gasteiger charge is -2.20. The van der Waals surface area contributed by atoms with E-state index in [0.29, 0.717) is 28.1 Å². The van der Waals surface area contributed by atoms with Crippen LogP contribution in [0.25, 0.3) is 0 Å². The quantitative estimate of drug-likeness (QED) is 0.812. The number of hydrogen-bond donors (Lipinski definition) is 0. The van der Waals surface area contributed by atoms with E-state index in [2.05, 4.69) is 15.9 Å². The maximum Gasteiger partial charge on any atom is 0.257 e. The fourth-order valence-electron chi connectivity index (χ4n) is 2.19. The van der Waals surface area contributed by atoms with E-state index in [0.717, 1.165) is 5.56 Å². The Kier molecular flexibility index (Phi) is 5.44. The van der Waals surface area contributed by atoms with E-state index in [-0.39, 0.29) is 5.91 Å². The van der Waals surface area contributed by atoms with Crippen LogP contribution < -0.4 is 9.47 Å². The molecule has 0 aliphatic heterocycles. The number of nitrogens with zero attached hydrogens (tertiary/aromatic N) is 1. The fraction of sp³-hybridized carbons (Fsp3) is 0.235. The number of methoxy groups -OCH3 is 2. The Morgan fingerprint density at radius 3 is 2.41 bits per heavy atom. The molecule has 0 radical (unpaired) electrons. The number of amides is 1. The summed E-state index contributed by atoms with van der Waals surface area (Å²) < 4.78 is 11.3. The summed E-state index contributed by atoms with van der Waals surface area (Å²) >= 11 is 3.41. The molecule has 0 atom stereocenters. The second kappa shape index (κ2) is 7.31. The van der Waals surface area contributed by atoms with E-state index in [1.165, 1.54) is 0 Å². The summed E-state index contributed by atoms with van der Waals surface area (Å²) in [6.07, 6.45) is 0. The molecule has 0 N–H and O–H groups in total. The zero-order valence-corrected chi connectivity index (χ0v) is 14.4. The molecule has 1 amide bonds. The van der Waals surface area contributed by atoms with Crippen LogP contribution in [0.4, 0.5) is 0 Å². The van der Waals surface area contributed by atoms with Crippen LogP contribution in [0, 0.1) is 0 Å². The molecule has 0 aliphatic carbocycles. The number of hydrogen-bond acceptors (Lipinski definition) is 3. The molecule has 5 heteroatoms. The van der Waals surface area contributed by atoms with Crippen LogP contribution in [-0.4, -0.2) is 32.1 Å². The average Bonchev–Trinajstić information content (AvgIpc) is 2.54. The van der Waals surface area contributed by atoms with Gasteiger partial charge in [-0.15, -0.1) is 0 Å². The first kappa shape index (κ1) is 16.4. The van der Waals surface area contributed by atoms with Gasteiger partial charge in [-0.3, -0.25) is 4.79 Å². The Hall–Kier alpha value is -2.01. The van der Waals surface area contributed by atoms with E-state index in [9.17, 15) is 4.79 Å². The Bertz CT molecular complexity index is 658. The van der Waals surface area contributed by atoms with Gasteiger partial charge in [0, 0.05) is 13.6 Å². The number of carbonyl (C=O) groups is 1. The van der Waals surface area contributed by atoms with Gasteiger partial charge in [0.15, 0.2) is 0 Å². The minimum Gasteiger partial charge on any atom is -0.497 e. The summed E-state index contributed by atoms with van der Waals surface area (Å²) in [6, 6.07) is 13.3. The van der Waals surface area contributed by atoms with Crippen LogP contribution in [-0.2, 0) is 6.54 Å². The van der Waals surface area contributed by atoms with Gasteiger partial charge in [0.2, 0.25) is 0 Å². The van der Waals surface area contributed by atoms with Gasteiger partial charge in [-0.2, -0.15) is 0 Å². The Morgan fingerprint density at radius 2 is 1.82 bits per heavy atom. The first-order chi connectivity index (χ1) is 10.6. The van der Waals surface area contributed by atoms with Crippen LogP contribution in [0.2, 0.25) is 0 Å². The number of carbonyl (C=O) groups excluding carboxylic acids is 1. The summed E-state index contributed by atoms with van der Waals surface area (Å²) in [5, 5.41) is 0. The molecule has 116 valence electrons. The molecule has 0 saturated carbocycles. The lowest BCUT2D eigenvalue weighted by atomic mass is 10.1. The van der Waals surface area contributed by atoms with Gasteiger partial charge in [0.1, 0.15) is 11.5 Å². The van der Waals surface area contributed by atoms with Crippen molar-refractivity contribution in [3.8, 4) is 11.5 Å². The van der Waals surface area contributed by atoms with Crippen molar-refractivity contribution in [2.75, 3.05) is 21.3 Å². The summed E-state index contributed by atoms with van der Waals surface area (Å²) in [5.74, 6) is 0.982. The lowest BCUT2D eigenvalue weighted by Crippen LogP contribution is -2.26. The van der Waals surface area contributed by atoms with Gasteiger partial charge in [-0.1, -0.05) is 30.3 Å². The number of ether oxygens (including phenoxy) is 2. The first-order valence-electron chi connectivity index (χ1n) is 6.77. The Balaban J connectivity index is 2.30. The van der Waals surface area contributed by atoms with Crippen molar-refractivity contribution in [1.29, 1.82) is 0 Å². The van der Waals surface area contributed by atoms with Gasteiger partial charge in [0.05, 0.1) is 24.3 Å². The molecule has 0 unspecified atom stereocenters. The molecule has 2 aromatic carbocycles. The molecule has 0 aliphatic rings.